The monoisotopic (exact) mass is 354 g/mol. The second-order valence-electron chi connectivity index (χ2n) is 4.82. The minimum Gasteiger partial charge on any atom is -0.379 e. The smallest absolute Gasteiger partial charge is 0.243 e. The van der Waals surface area contributed by atoms with Crippen LogP contribution in [0.2, 0.25) is 0 Å². The van der Waals surface area contributed by atoms with Crippen LogP contribution >= 0.6 is 11.8 Å². The van der Waals surface area contributed by atoms with Crippen molar-refractivity contribution in [3.05, 3.63) is 23.8 Å². The van der Waals surface area contributed by atoms with Crippen LogP contribution in [-0.2, 0) is 14.8 Å². The van der Waals surface area contributed by atoms with Crippen molar-refractivity contribution < 1.29 is 13.2 Å². The van der Waals surface area contributed by atoms with Crippen LogP contribution in [0.4, 0.5) is 5.69 Å². The maximum absolute atomic E-state index is 12.8. The first-order valence-corrected chi connectivity index (χ1v) is 9.62. The lowest BCUT2D eigenvalue weighted by Crippen LogP contribution is -2.40. The Kier molecular flexibility index (Phi) is 6.01. The fraction of sp³-hybridized carbons (Fsp3) is 0.429. The highest BCUT2D eigenvalue weighted by molar-refractivity contribution is 8.13. The number of sulfonamides is 1. The largest absolute Gasteiger partial charge is 0.379 e. The number of aliphatic imine (C=N–C) groups is 1. The van der Waals surface area contributed by atoms with Crippen molar-refractivity contribution in [2.75, 3.05) is 32.6 Å². The quantitative estimate of drug-likeness (QED) is 0.382. The van der Waals surface area contributed by atoms with E-state index in [1.54, 1.807) is 31.5 Å². The van der Waals surface area contributed by atoms with Crippen molar-refractivity contribution in [2.24, 2.45) is 4.99 Å². The second-order valence-corrected chi connectivity index (χ2v) is 7.53. The summed E-state index contributed by atoms with van der Waals surface area (Å²) in [4.78, 5) is 4.50. The third-order valence-corrected chi connectivity index (χ3v) is 5.97. The molecular formula is C14H18N4O3S2. The van der Waals surface area contributed by atoms with Gasteiger partial charge in [0, 0.05) is 13.1 Å². The van der Waals surface area contributed by atoms with E-state index in [0.717, 1.165) is 0 Å². The van der Waals surface area contributed by atoms with Crippen LogP contribution in [-0.4, -0.2) is 50.4 Å². The Balaban J connectivity index is 2.39. The number of thioether (sulfide) groups is 1. The van der Waals surface area contributed by atoms with Crippen LogP contribution in [0.1, 0.15) is 5.56 Å². The van der Waals surface area contributed by atoms with Crippen molar-refractivity contribution in [3.8, 4) is 6.19 Å². The molecule has 0 atom stereocenters. The molecule has 0 aliphatic carbocycles. The predicted molar refractivity (Wildman–Crippen MR) is 90.1 cm³/mol. The van der Waals surface area contributed by atoms with Gasteiger partial charge in [-0.05, 0) is 30.9 Å². The zero-order valence-electron chi connectivity index (χ0n) is 12.9. The van der Waals surface area contributed by atoms with E-state index in [1.807, 2.05) is 0 Å². The van der Waals surface area contributed by atoms with Gasteiger partial charge in [0.25, 0.3) is 0 Å². The molecule has 0 aromatic heterocycles. The Labute approximate surface area is 140 Å². The number of rotatable bonds is 3. The zero-order chi connectivity index (χ0) is 16.9. The minimum atomic E-state index is -3.58. The average molecular weight is 354 g/mol. The van der Waals surface area contributed by atoms with Crippen LogP contribution in [0, 0.1) is 18.4 Å². The van der Waals surface area contributed by atoms with Gasteiger partial charge < -0.3 is 4.74 Å². The molecule has 1 aromatic rings. The Morgan fingerprint density at radius 2 is 2.13 bits per heavy atom. The van der Waals surface area contributed by atoms with Crippen molar-refractivity contribution >= 4 is 32.6 Å². The third kappa shape index (κ3) is 4.23. The van der Waals surface area contributed by atoms with E-state index >= 15 is 0 Å². The van der Waals surface area contributed by atoms with Gasteiger partial charge in [0.2, 0.25) is 10.0 Å². The maximum atomic E-state index is 12.8. The van der Waals surface area contributed by atoms with E-state index in [-0.39, 0.29) is 4.90 Å². The molecule has 0 unspecified atom stereocenters. The first-order valence-electron chi connectivity index (χ1n) is 6.95. The molecule has 1 fully saturated rings. The maximum Gasteiger partial charge on any atom is 0.243 e. The number of hydrogen-bond acceptors (Lipinski definition) is 6. The molecule has 0 amide bonds. The Hall–Kier alpha value is -1.60. The topological polar surface area (TPSA) is 94.8 Å². The standard InChI is InChI=1S/C14H18N4O3S2/c1-11-3-4-12(17-14(22-2)16-10-15)9-13(11)23(19,20)18-5-7-21-8-6-18/h3-4,9H,5-8H2,1-2H3,(H,16,17). The molecular weight excluding hydrogens is 336 g/mol. The Bertz CT molecular complexity index is 735. The molecule has 1 aliphatic rings. The molecule has 1 saturated heterocycles. The van der Waals surface area contributed by atoms with Crippen molar-refractivity contribution in [2.45, 2.75) is 11.8 Å². The van der Waals surface area contributed by atoms with Crippen LogP contribution in [0.25, 0.3) is 0 Å². The van der Waals surface area contributed by atoms with Gasteiger partial charge in [-0.1, -0.05) is 17.8 Å². The molecule has 0 saturated carbocycles. The van der Waals surface area contributed by atoms with Crippen LogP contribution in [0.5, 0.6) is 0 Å². The number of morpholine rings is 1. The first-order chi connectivity index (χ1) is 11.0. The van der Waals surface area contributed by atoms with E-state index in [1.165, 1.54) is 22.1 Å². The molecule has 0 bridgehead atoms. The molecule has 0 spiro atoms. The third-order valence-electron chi connectivity index (χ3n) is 3.35. The number of nitrogens with one attached hydrogen (secondary N) is 1. The Morgan fingerprint density at radius 1 is 1.43 bits per heavy atom. The summed E-state index contributed by atoms with van der Waals surface area (Å²) in [6, 6.07) is 4.98. The minimum absolute atomic E-state index is 0.234. The number of nitriles is 1. The van der Waals surface area contributed by atoms with Crippen molar-refractivity contribution in [3.63, 3.8) is 0 Å². The number of amidine groups is 1. The summed E-state index contributed by atoms with van der Waals surface area (Å²) in [5, 5.41) is 11.5. The molecule has 2 rings (SSSR count). The number of hydrogen-bond donors (Lipinski definition) is 1. The summed E-state index contributed by atoms with van der Waals surface area (Å²) in [6.45, 7) is 3.25. The van der Waals surface area contributed by atoms with Gasteiger partial charge in [-0.3, -0.25) is 5.32 Å². The highest BCUT2D eigenvalue weighted by Crippen LogP contribution is 2.26. The van der Waals surface area contributed by atoms with E-state index in [9.17, 15) is 8.42 Å². The number of nitrogens with zero attached hydrogens (tertiary/aromatic N) is 3. The van der Waals surface area contributed by atoms with Gasteiger partial charge in [0.15, 0.2) is 11.4 Å². The van der Waals surface area contributed by atoms with E-state index in [0.29, 0.717) is 42.7 Å². The number of benzene rings is 1. The second kappa shape index (κ2) is 7.79. The normalized spacial score (nSPS) is 16.8. The predicted octanol–water partition coefficient (Wildman–Crippen LogP) is 1.44. The molecule has 7 nitrogen and oxygen atoms in total. The van der Waals surface area contributed by atoms with Gasteiger partial charge in [-0.25, -0.2) is 13.4 Å². The van der Waals surface area contributed by atoms with Crippen LogP contribution in [0.3, 0.4) is 0 Å². The lowest BCUT2D eigenvalue weighted by Gasteiger charge is -2.26. The van der Waals surface area contributed by atoms with Gasteiger partial charge in [0.05, 0.1) is 23.8 Å². The zero-order valence-corrected chi connectivity index (χ0v) is 14.6. The van der Waals surface area contributed by atoms with E-state index < -0.39 is 10.0 Å². The van der Waals surface area contributed by atoms with Crippen molar-refractivity contribution in [1.82, 2.24) is 9.62 Å². The average Bonchev–Trinajstić information content (AvgIpc) is 2.56. The first kappa shape index (κ1) is 17.7. The van der Waals surface area contributed by atoms with Gasteiger partial charge >= 0.3 is 0 Å². The summed E-state index contributed by atoms with van der Waals surface area (Å²) < 4.78 is 32.2. The van der Waals surface area contributed by atoms with E-state index in [4.69, 9.17) is 10.00 Å². The van der Waals surface area contributed by atoms with Gasteiger partial charge in [-0.15, -0.1) is 0 Å². The van der Waals surface area contributed by atoms with Crippen LogP contribution in [0.15, 0.2) is 28.1 Å². The molecule has 1 aliphatic heterocycles. The fourth-order valence-corrected chi connectivity index (χ4v) is 4.15. The molecule has 23 heavy (non-hydrogen) atoms. The molecule has 1 aromatic carbocycles. The van der Waals surface area contributed by atoms with E-state index in [2.05, 4.69) is 10.3 Å². The molecule has 9 heteroatoms. The van der Waals surface area contributed by atoms with Gasteiger partial charge in [-0.2, -0.15) is 9.57 Å². The molecule has 0 radical (unpaired) electrons. The highest BCUT2D eigenvalue weighted by Gasteiger charge is 2.27. The summed E-state index contributed by atoms with van der Waals surface area (Å²) in [5.74, 6) is 0. The van der Waals surface area contributed by atoms with Crippen LogP contribution < -0.4 is 5.32 Å². The highest BCUT2D eigenvalue weighted by atomic mass is 32.2. The summed E-state index contributed by atoms with van der Waals surface area (Å²) in [5.41, 5.74) is 1.14. The lowest BCUT2D eigenvalue weighted by atomic mass is 10.2. The fourth-order valence-electron chi connectivity index (χ4n) is 2.15. The molecule has 1 N–H and O–H groups in total. The van der Waals surface area contributed by atoms with Gasteiger partial charge in [0.1, 0.15) is 0 Å². The van der Waals surface area contributed by atoms with Crippen molar-refractivity contribution in [1.29, 1.82) is 5.26 Å². The lowest BCUT2D eigenvalue weighted by molar-refractivity contribution is 0.0730. The molecule has 124 valence electrons. The number of ether oxygens (including phenoxy) is 1. The summed E-state index contributed by atoms with van der Waals surface area (Å²) in [7, 11) is -3.58. The Morgan fingerprint density at radius 3 is 2.74 bits per heavy atom. The molecule has 1 heterocycles. The summed E-state index contributed by atoms with van der Waals surface area (Å²) >= 11 is 1.27. The number of aryl methyl sites for hydroxylation is 1. The summed E-state index contributed by atoms with van der Waals surface area (Å²) in [6.07, 6.45) is 3.59. The SMILES string of the molecule is CSC(=Nc1ccc(C)c(S(=O)(=O)N2CCOCC2)c1)NC#N.